The maximum absolute atomic E-state index is 7.64. The fourth-order valence-corrected chi connectivity index (χ4v) is 18.6. The van der Waals surface area contributed by atoms with Gasteiger partial charge in [0, 0.05) is 92.8 Å². The number of nitrogens with zero attached hydrogens (tertiary/aromatic N) is 3. The highest BCUT2D eigenvalue weighted by atomic mass is 32.1. The van der Waals surface area contributed by atoms with Crippen LogP contribution in [0.1, 0.15) is 95.7 Å². The van der Waals surface area contributed by atoms with Crippen LogP contribution >= 0.6 is 22.7 Å². The molecule has 18 rings (SSSR count). The first-order valence-corrected chi connectivity index (χ1v) is 33.5. The molecule has 0 atom stereocenters. The van der Waals surface area contributed by atoms with Crippen molar-refractivity contribution in [1.29, 1.82) is 0 Å². The first-order chi connectivity index (χ1) is 43.2. The molecule has 10 aromatic carbocycles. The molecule has 0 fully saturated rings. The largest absolute Gasteiger partial charge is 0.458 e. The Morgan fingerprint density at radius 2 is 0.822 bits per heavy atom. The van der Waals surface area contributed by atoms with Gasteiger partial charge in [-0.3, -0.25) is 0 Å². The maximum atomic E-state index is 7.64. The van der Waals surface area contributed by atoms with Gasteiger partial charge in [0.2, 0.25) is 0 Å². The van der Waals surface area contributed by atoms with Crippen LogP contribution < -0.4 is 77.3 Å². The van der Waals surface area contributed by atoms with Crippen LogP contribution in [0.3, 0.4) is 0 Å². The second kappa shape index (κ2) is 18.6. The maximum Gasteiger partial charge on any atom is 0.264 e. The summed E-state index contributed by atoms with van der Waals surface area (Å²) in [5, 5.41) is 6.68. The molecule has 12 aromatic rings. The normalized spacial score (nSPS) is 14.6. The zero-order chi connectivity index (χ0) is 61.3. The zero-order valence-corrected chi connectivity index (χ0v) is 54.7. The summed E-state index contributed by atoms with van der Waals surface area (Å²) in [5.41, 5.74) is 28.6. The number of anilines is 11. The van der Waals surface area contributed by atoms with Crippen molar-refractivity contribution in [3.8, 4) is 23.0 Å². The molecule has 0 aliphatic carbocycles. The number of rotatable bonds is 3. The lowest BCUT2D eigenvalue weighted by Gasteiger charge is -2.45. The van der Waals surface area contributed by atoms with Gasteiger partial charge in [0.25, 0.3) is 20.1 Å². The van der Waals surface area contributed by atoms with Crippen LogP contribution in [0.15, 0.2) is 182 Å². The minimum absolute atomic E-state index is 0.0615. The molecule has 6 aliphatic heterocycles. The van der Waals surface area contributed by atoms with Gasteiger partial charge in [-0.25, -0.2) is 0 Å². The number of thiophene rings is 2. The van der Waals surface area contributed by atoms with E-state index >= 15 is 0 Å². The highest BCUT2D eigenvalue weighted by Gasteiger charge is 2.51. The molecule has 8 heterocycles. The lowest BCUT2D eigenvalue weighted by atomic mass is 9.31. The quantitative estimate of drug-likeness (QED) is 0.178. The number of para-hydroxylation sites is 2. The van der Waals surface area contributed by atoms with E-state index in [0.717, 1.165) is 67.8 Å². The average Bonchev–Trinajstić information content (AvgIpc) is 1.26. The zero-order valence-electron chi connectivity index (χ0n) is 53.0. The van der Waals surface area contributed by atoms with Crippen LogP contribution in [0.5, 0.6) is 23.0 Å². The van der Waals surface area contributed by atoms with E-state index in [4.69, 9.17) is 9.47 Å². The van der Waals surface area contributed by atoms with Crippen molar-refractivity contribution in [1.82, 2.24) is 0 Å². The Balaban J connectivity index is 0.927. The molecule has 0 spiro atoms. The van der Waals surface area contributed by atoms with Crippen molar-refractivity contribution < 1.29 is 9.47 Å². The molecule has 2 aromatic heterocycles. The number of hydrogen-bond donors (Lipinski definition) is 1. The third-order valence-electron chi connectivity index (χ3n) is 20.2. The summed E-state index contributed by atoms with van der Waals surface area (Å²) >= 11 is 3.89. The lowest BCUT2D eigenvalue weighted by molar-refractivity contribution is 0.458. The van der Waals surface area contributed by atoms with Gasteiger partial charge in [-0.2, -0.15) is 0 Å². The molecule has 0 saturated heterocycles. The minimum Gasteiger partial charge on any atom is -0.458 e. The van der Waals surface area contributed by atoms with E-state index in [-0.39, 0.29) is 36.4 Å². The predicted octanol–water partition coefficient (Wildman–Crippen LogP) is 16.1. The van der Waals surface area contributed by atoms with Crippen LogP contribution in [-0.2, 0) is 16.2 Å². The third kappa shape index (κ3) is 7.66. The second-order valence-electron chi connectivity index (χ2n) is 29.1. The van der Waals surface area contributed by atoms with Crippen LogP contribution in [0.4, 0.5) is 62.6 Å². The van der Waals surface area contributed by atoms with Gasteiger partial charge >= 0.3 is 0 Å². The Kier molecular flexibility index (Phi) is 11.2. The molecule has 436 valence electrons. The number of ether oxygens (including phenoxy) is 2. The molecule has 0 radical (unpaired) electrons. The van der Waals surface area contributed by atoms with Gasteiger partial charge in [0.15, 0.2) is 0 Å². The van der Waals surface area contributed by atoms with Crippen molar-refractivity contribution in [2.24, 2.45) is 0 Å². The molecule has 1 N–H and O–H groups in total. The summed E-state index contributed by atoms with van der Waals surface area (Å²) in [7, 11) is 0. The summed E-state index contributed by atoms with van der Waals surface area (Å²) < 4.78 is 20.4. The summed E-state index contributed by atoms with van der Waals surface area (Å²) in [6, 6.07) is 69.4. The van der Waals surface area contributed by atoms with E-state index in [0.29, 0.717) is 0 Å². The smallest absolute Gasteiger partial charge is 0.264 e. The molecule has 0 bridgehead atoms. The number of aryl methyl sites for hydroxylation is 3. The number of nitrogens with one attached hydrogen (secondary N) is 1. The molecule has 0 unspecified atom stereocenters. The first-order valence-electron chi connectivity index (χ1n) is 31.9. The van der Waals surface area contributed by atoms with Gasteiger partial charge in [-0.1, -0.05) is 165 Å². The Morgan fingerprint density at radius 1 is 0.367 bits per heavy atom. The minimum atomic E-state index is -0.228. The van der Waals surface area contributed by atoms with Gasteiger partial charge in [-0.15, -0.1) is 22.7 Å². The van der Waals surface area contributed by atoms with Crippen molar-refractivity contribution >= 4 is 173 Å². The van der Waals surface area contributed by atoms with E-state index in [9.17, 15) is 0 Å². The third-order valence-corrected chi connectivity index (χ3v) is 22.6. The van der Waals surface area contributed by atoms with E-state index in [1.54, 1.807) is 0 Å². The number of benzene rings is 10. The molecular formula is C79H67B3N4O2S2. The first kappa shape index (κ1) is 54.1. The fourth-order valence-electron chi connectivity index (χ4n) is 16.0. The lowest BCUT2D eigenvalue weighted by Crippen LogP contribution is -2.64. The summed E-state index contributed by atoms with van der Waals surface area (Å²) in [4.78, 5) is 7.79. The summed E-state index contributed by atoms with van der Waals surface area (Å²) in [6.07, 6.45) is 0. The van der Waals surface area contributed by atoms with Crippen LogP contribution in [-0.4, -0.2) is 20.1 Å². The molecule has 11 heteroatoms. The van der Waals surface area contributed by atoms with Crippen LogP contribution in [0.2, 0.25) is 0 Å². The van der Waals surface area contributed by atoms with Gasteiger partial charge in [0.05, 0.1) is 17.1 Å². The number of hydrogen-bond acceptors (Lipinski definition) is 8. The molecule has 90 heavy (non-hydrogen) atoms. The van der Waals surface area contributed by atoms with E-state index in [1.165, 1.54) is 119 Å². The second-order valence-corrected chi connectivity index (χ2v) is 31.3. The van der Waals surface area contributed by atoms with Gasteiger partial charge in [0.1, 0.15) is 23.0 Å². The van der Waals surface area contributed by atoms with E-state index in [2.05, 4.69) is 285 Å². The highest BCUT2D eigenvalue weighted by Crippen LogP contribution is 2.53. The highest BCUT2D eigenvalue weighted by molar-refractivity contribution is 7.34. The Labute approximate surface area is 537 Å². The molecule has 6 nitrogen and oxygen atoms in total. The summed E-state index contributed by atoms with van der Waals surface area (Å²) in [6.45, 7) is 27.4. The van der Waals surface area contributed by atoms with Crippen LogP contribution in [0.25, 0.3) is 20.2 Å². The van der Waals surface area contributed by atoms with Crippen molar-refractivity contribution in [3.05, 3.63) is 215 Å². The molecule has 6 aliphatic rings. The van der Waals surface area contributed by atoms with Gasteiger partial charge < -0.3 is 29.5 Å². The molecule has 0 amide bonds. The van der Waals surface area contributed by atoms with Crippen LogP contribution in [0, 0.1) is 20.8 Å². The molecular weight excluding hydrogens is 1130 g/mol. The van der Waals surface area contributed by atoms with Gasteiger partial charge in [-0.05, 0) is 170 Å². The standard InChI is InChI=1S/C79H67B3N4O2S2/c1-43-31-44(2)72(45(3)32-43)86-59-42-64-56(40-54(59)82-70-61(35-47(36-62(70)86)78(7,8)9)85(50-25-17-14-18-26-50)74-52-28-20-22-30-68(52)90-76(74)82)80-55-39-53-57(41-63(55)87-65-37-48(79(10,11)12)38-66(88-64)71(65)80)83-58-33-46(77(4,5)6)34-60-69(58)81(53)75-73(51-27-19-21-29-67(51)89-75)84(60)49-23-15-13-16-24-49/h13-42,83H,1-12H3. The monoisotopic (exact) mass is 1200 g/mol. The van der Waals surface area contributed by atoms with E-state index in [1.807, 2.05) is 22.7 Å². The van der Waals surface area contributed by atoms with E-state index < -0.39 is 0 Å². The van der Waals surface area contributed by atoms with Crippen molar-refractivity contribution in [2.75, 3.05) is 20.0 Å². The average molecular weight is 1200 g/mol. The number of fused-ring (bicyclic) bond motifs is 16. The van der Waals surface area contributed by atoms with Crippen molar-refractivity contribution in [2.45, 2.75) is 99.3 Å². The Morgan fingerprint density at radius 3 is 1.37 bits per heavy atom. The van der Waals surface area contributed by atoms with Crippen molar-refractivity contribution in [3.63, 3.8) is 0 Å². The molecule has 0 saturated carbocycles. The fraction of sp³-hybridized carbons (Fsp3) is 0.190. The Bertz CT molecular complexity index is 5120. The predicted molar refractivity (Wildman–Crippen MR) is 388 cm³/mol. The SMILES string of the molecule is Cc1cc(C)c(N2c3cc4c(cc3B3c5sc6ccccc6c5N(c5ccccc5)c5cc(C(C)(C)C)cc2c53)B2c3cc5c(cc3Oc3cc(C(C)(C)C)cc(c32)O4)Nc2cc(C(C)(C)C)cc3c2B5c2sc4ccccc4c2N3c2ccccc2)c(C)c1. The topological polar surface area (TPSA) is 40.2 Å². The Hall–Kier alpha value is -8.89. The summed E-state index contributed by atoms with van der Waals surface area (Å²) in [5.74, 6) is 3.45.